The Morgan fingerprint density at radius 1 is 1.19 bits per heavy atom. The van der Waals surface area contributed by atoms with Crippen molar-refractivity contribution >= 4 is 17.5 Å². The summed E-state index contributed by atoms with van der Waals surface area (Å²) >= 11 is 6.28. The molecule has 1 N–H and O–H groups in total. The van der Waals surface area contributed by atoms with Gasteiger partial charge < -0.3 is 10.1 Å². The van der Waals surface area contributed by atoms with Gasteiger partial charge in [-0.05, 0) is 57.1 Å². The number of nitrogens with zero attached hydrogens (tertiary/aromatic N) is 1. The molecule has 0 aromatic heterocycles. The van der Waals surface area contributed by atoms with Gasteiger partial charge in [0.1, 0.15) is 11.6 Å². The number of ether oxygens (including phenoxy) is 1. The van der Waals surface area contributed by atoms with Crippen LogP contribution in [-0.2, 0) is 4.79 Å². The van der Waals surface area contributed by atoms with Crippen molar-refractivity contribution in [2.75, 3.05) is 19.6 Å². The second-order valence-corrected chi connectivity index (χ2v) is 7.12. The minimum absolute atomic E-state index is 0.240. The second-order valence-electron chi connectivity index (χ2n) is 6.71. The van der Waals surface area contributed by atoms with Crippen molar-refractivity contribution in [1.29, 1.82) is 0 Å². The summed E-state index contributed by atoms with van der Waals surface area (Å²) in [4.78, 5) is 14.7. The normalized spacial score (nSPS) is 16.7. The molecule has 0 saturated carbocycles. The molecular weight excluding hydrogens is 367 g/mol. The quantitative estimate of drug-likeness (QED) is 0.770. The number of carbonyl (C=O) groups excluding carboxylic acids is 1. The summed E-state index contributed by atoms with van der Waals surface area (Å²) in [6.07, 6.45) is 1.47. The average molecular weight is 391 g/mol. The summed E-state index contributed by atoms with van der Waals surface area (Å²) < 4.78 is 20.1. The third-order valence-corrected chi connectivity index (χ3v) is 5.14. The van der Waals surface area contributed by atoms with Crippen LogP contribution in [-0.4, -0.2) is 36.5 Å². The van der Waals surface area contributed by atoms with Gasteiger partial charge in [0.15, 0.2) is 6.10 Å². The van der Waals surface area contributed by atoms with E-state index in [0.29, 0.717) is 16.3 Å². The molecular formula is C21H24ClFN2O2. The Hall–Kier alpha value is -2.11. The topological polar surface area (TPSA) is 41.6 Å². The molecule has 1 saturated heterocycles. The number of hydrogen-bond acceptors (Lipinski definition) is 3. The molecule has 3 rings (SSSR count). The minimum Gasteiger partial charge on any atom is -0.481 e. The van der Waals surface area contributed by atoms with Gasteiger partial charge in [-0.1, -0.05) is 35.9 Å². The van der Waals surface area contributed by atoms with Crippen LogP contribution >= 0.6 is 11.6 Å². The Bertz CT molecular complexity index is 746. The second kappa shape index (κ2) is 9.20. The maximum absolute atomic E-state index is 14.5. The van der Waals surface area contributed by atoms with Gasteiger partial charge in [0.2, 0.25) is 0 Å². The van der Waals surface area contributed by atoms with Crippen molar-refractivity contribution in [1.82, 2.24) is 10.2 Å². The van der Waals surface area contributed by atoms with E-state index >= 15 is 0 Å². The third kappa shape index (κ3) is 4.99. The average Bonchev–Trinajstić information content (AvgIpc) is 3.19. The Morgan fingerprint density at radius 3 is 2.56 bits per heavy atom. The summed E-state index contributed by atoms with van der Waals surface area (Å²) in [7, 11) is 0. The van der Waals surface area contributed by atoms with Crippen LogP contribution in [0.25, 0.3) is 0 Å². The first-order valence-electron chi connectivity index (χ1n) is 9.23. The molecule has 144 valence electrons. The molecule has 0 spiro atoms. The van der Waals surface area contributed by atoms with E-state index in [0.717, 1.165) is 25.9 Å². The van der Waals surface area contributed by atoms with Crippen LogP contribution in [0.1, 0.15) is 31.4 Å². The Labute approximate surface area is 164 Å². The van der Waals surface area contributed by atoms with E-state index in [1.165, 1.54) is 6.07 Å². The molecule has 0 aliphatic carbocycles. The number of carbonyl (C=O) groups is 1. The number of likely N-dealkylation sites (tertiary alicyclic amines) is 1. The van der Waals surface area contributed by atoms with E-state index in [1.54, 1.807) is 31.2 Å². The van der Waals surface area contributed by atoms with Gasteiger partial charge in [0, 0.05) is 17.1 Å². The van der Waals surface area contributed by atoms with Crippen LogP contribution in [0.2, 0.25) is 5.02 Å². The number of amides is 1. The fourth-order valence-corrected chi connectivity index (χ4v) is 3.68. The molecule has 1 aliphatic rings. The summed E-state index contributed by atoms with van der Waals surface area (Å²) in [5.41, 5.74) is 0.443. The zero-order chi connectivity index (χ0) is 19.2. The molecule has 0 bridgehead atoms. The number of rotatable bonds is 7. The smallest absolute Gasteiger partial charge is 0.260 e. The van der Waals surface area contributed by atoms with E-state index in [4.69, 9.17) is 16.3 Å². The molecule has 1 amide bonds. The van der Waals surface area contributed by atoms with Gasteiger partial charge >= 0.3 is 0 Å². The van der Waals surface area contributed by atoms with Gasteiger partial charge in [0.25, 0.3) is 5.91 Å². The van der Waals surface area contributed by atoms with Crippen LogP contribution in [0.5, 0.6) is 5.75 Å². The standard InChI is InChI=1S/C21H24ClFN2O2/c1-15(27-16-8-3-2-4-9-16)21(26)24-14-19(25-12-5-6-13-25)20-17(22)10-7-11-18(20)23/h2-4,7-11,15,19H,5-6,12-14H2,1H3,(H,24,26). The maximum atomic E-state index is 14.5. The lowest BCUT2D eigenvalue weighted by molar-refractivity contribution is -0.127. The highest BCUT2D eigenvalue weighted by Gasteiger charge is 2.28. The summed E-state index contributed by atoms with van der Waals surface area (Å²) in [6, 6.07) is 13.6. The van der Waals surface area contributed by atoms with Crippen LogP contribution in [0.4, 0.5) is 4.39 Å². The highest BCUT2D eigenvalue weighted by molar-refractivity contribution is 6.31. The largest absolute Gasteiger partial charge is 0.481 e. The van der Waals surface area contributed by atoms with E-state index in [1.807, 2.05) is 18.2 Å². The molecule has 0 radical (unpaired) electrons. The van der Waals surface area contributed by atoms with Crippen molar-refractivity contribution in [2.45, 2.75) is 31.9 Å². The van der Waals surface area contributed by atoms with E-state index in [-0.39, 0.29) is 24.3 Å². The first-order valence-corrected chi connectivity index (χ1v) is 9.61. The van der Waals surface area contributed by atoms with Crippen LogP contribution in [0.15, 0.2) is 48.5 Å². The third-order valence-electron chi connectivity index (χ3n) is 4.81. The Morgan fingerprint density at radius 2 is 1.89 bits per heavy atom. The fourth-order valence-electron chi connectivity index (χ4n) is 3.39. The molecule has 1 fully saturated rings. The molecule has 1 heterocycles. The first-order chi connectivity index (χ1) is 13.1. The molecule has 2 atom stereocenters. The molecule has 27 heavy (non-hydrogen) atoms. The summed E-state index contributed by atoms with van der Waals surface area (Å²) in [6.45, 7) is 3.70. The Balaban J connectivity index is 1.68. The van der Waals surface area contributed by atoms with Gasteiger partial charge in [-0.15, -0.1) is 0 Å². The van der Waals surface area contributed by atoms with Crippen LogP contribution in [0.3, 0.4) is 0 Å². The lowest BCUT2D eigenvalue weighted by atomic mass is 10.0. The molecule has 4 nitrogen and oxygen atoms in total. The SMILES string of the molecule is CC(Oc1ccccc1)C(=O)NCC(c1c(F)cccc1Cl)N1CCCC1. The van der Waals surface area contributed by atoms with Gasteiger partial charge in [0.05, 0.1) is 6.04 Å². The molecule has 2 aromatic carbocycles. The first kappa shape index (κ1) is 19.6. The van der Waals surface area contributed by atoms with Gasteiger partial charge in [-0.3, -0.25) is 9.69 Å². The highest BCUT2D eigenvalue weighted by atomic mass is 35.5. The Kier molecular flexibility index (Phi) is 6.69. The zero-order valence-electron chi connectivity index (χ0n) is 15.3. The summed E-state index contributed by atoms with van der Waals surface area (Å²) in [5, 5.41) is 3.29. The lowest BCUT2D eigenvalue weighted by Gasteiger charge is -2.29. The molecule has 1 aliphatic heterocycles. The summed E-state index contributed by atoms with van der Waals surface area (Å²) in [5.74, 6) is 0.0473. The highest BCUT2D eigenvalue weighted by Crippen LogP contribution is 2.32. The fraction of sp³-hybridized carbons (Fsp3) is 0.381. The van der Waals surface area contributed by atoms with Crippen molar-refractivity contribution in [2.24, 2.45) is 0 Å². The molecule has 2 unspecified atom stereocenters. The van der Waals surface area contributed by atoms with E-state index in [9.17, 15) is 9.18 Å². The number of hydrogen-bond donors (Lipinski definition) is 1. The van der Waals surface area contributed by atoms with Gasteiger partial charge in [-0.25, -0.2) is 4.39 Å². The number of halogens is 2. The zero-order valence-corrected chi connectivity index (χ0v) is 16.1. The lowest BCUT2D eigenvalue weighted by Crippen LogP contribution is -2.42. The minimum atomic E-state index is -0.650. The van der Waals surface area contributed by atoms with Crippen molar-refractivity contribution in [3.05, 3.63) is 64.9 Å². The maximum Gasteiger partial charge on any atom is 0.260 e. The molecule has 6 heteroatoms. The van der Waals surface area contributed by atoms with Crippen molar-refractivity contribution in [3.8, 4) is 5.75 Å². The number of nitrogens with one attached hydrogen (secondary N) is 1. The monoisotopic (exact) mass is 390 g/mol. The number of benzene rings is 2. The molecule has 2 aromatic rings. The van der Waals surface area contributed by atoms with Gasteiger partial charge in [-0.2, -0.15) is 0 Å². The van der Waals surface area contributed by atoms with Crippen LogP contribution in [0, 0.1) is 5.82 Å². The van der Waals surface area contributed by atoms with E-state index < -0.39 is 6.10 Å². The van der Waals surface area contributed by atoms with Crippen molar-refractivity contribution < 1.29 is 13.9 Å². The van der Waals surface area contributed by atoms with Crippen molar-refractivity contribution in [3.63, 3.8) is 0 Å². The number of para-hydroxylation sites is 1. The van der Waals surface area contributed by atoms with Crippen LogP contribution < -0.4 is 10.1 Å². The predicted octanol–water partition coefficient (Wildman–Crippen LogP) is 4.20. The predicted molar refractivity (Wildman–Crippen MR) is 104 cm³/mol. The van der Waals surface area contributed by atoms with E-state index in [2.05, 4.69) is 10.2 Å².